The van der Waals surface area contributed by atoms with Crippen molar-refractivity contribution in [1.29, 1.82) is 0 Å². The van der Waals surface area contributed by atoms with Gasteiger partial charge in [0.1, 0.15) is 0 Å². The molecule has 0 saturated carbocycles. The monoisotopic (exact) mass is 231 g/mol. The molecular weight excluding hydrogens is 206 g/mol. The highest BCUT2D eigenvalue weighted by atomic mass is 35.5. The highest BCUT2D eigenvalue weighted by Gasteiger charge is 2.22. The van der Waals surface area contributed by atoms with Crippen molar-refractivity contribution in [3.05, 3.63) is 0 Å². The van der Waals surface area contributed by atoms with Crippen molar-refractivity contribution < 1.29 is 0 Å². The predicted octanol–water partition coefficient (Wildman–Crippen LogP) is 3.76. The van der Waals surface area contributed by atoms with Crippen molar-refractivity contribution in [2.75, 3.05) is 19.0 Å². The molecule has 90 valence electrons. The van der Waals surface area contributed by atoms with E-state index in [9.17, 15) is 0 Å². The number of rotatable bonds is 5. The molecule has 0 N–H and O–H groups in total. The molecule has 1 heterocycles. The second-order valence-corrected chi connectivity index (χ2v) is 5.78. The first-order valence-electron chi connectivity index (χ1n) is 6.43. The van der Waals surface area contributed by atoms with E-state index in [0.29, 0.717) is 0 Å². The van der Waals surface area contributed by atoms with Gasteiger partial charge in [-0.2, -0.15) is 0 Å². The number of hydrogen-bond donors (Lipinski definition) is 0. The third-order valence-corrected chi connectivity index (χ3v) is 3.98. The first-order valence-corrected chi connectivity index (χ1v) is 6.97. The number of hydrogen-bond acceptors (Lipinski definition) is 1. The van der Waals surface area contributed by atoms with E-state index in [1.165, 1.54) is 38.8 Å². The molecule has 3 atom stereocenters. The van der Waals surface area contributed by atoms with Crippen LogP contribution in [0.2, 0.25) is 0 Å². The van der Waals surface area contributed by atoms with Crippen LogP contribution in [0.25, 0.3) is 0 Å². The number of piperidine rings is 1. The first kappa shape index (κ1) is 13.3. The molecule has 0 amide bonds. The number of likely N-dealkylation sites (tertiary alicyclic amines) is 1. The largest absolute Gasteiger partial charge is 0.300 e. The Morgan fingerprint density at radius 3 is 2.67 bits per heavy atom. The molecule has 0 spiro atoms. The second-order valence-electron chi connectivity index (χ2n) is 5.40. The lowest BCUT2D eigenvalue weighted by atomic mass is 9.94. The molecule has 1 aliphatic heterocycles. The van der Waals surface area contributed by atoms with E-state index < -0.39 is 0 Å². The number of alkyl halides is 1. The lowest BCUT2D eigenvalue weighted by Crippen LogP contribution is -2.41. The molecule has 0 radical (unpaired) electrons. The average molecular weight is 232 g/mol. The van der Waals surface area contributed by atoms with E-state index in [1.807, 2.05) is 0 Å². The van der Waals surface area contributed by atoms with Gasteiger partial charge in [0.2, 0.25) is 0 Å². The van der Waals surface area contributed by atoms with Crippen LogP contribution in [0, 0.1) is 11.8 Å². The van der Waals surface area contributed by atoms with Crippen LogP contribution in [0.1, 0.15) is 46.5 Å². The highest BCUT2D eigenvalue weighted by molar-refractivity contribution is 6.17. The zero-order valence-corrected chi connectivity index (χ0v) is 11.3. The highest BCUT2D eigenvalue weighted by Crippen LogP contribution is 2.22. The second kappa shape index (κ2) is 6.75. The summed E-state index contributed by atoms with van der Waals surface area (Å²) in [6, 6.07) is 0.796. The first-order chi connectivity index (χ1) is 7.13. The van der Waals surface area contributed by atoms with Gasteiger partial charge in [-0.05, 0) is 51.0 Å². The molecule has 1 aliphatic rings. The summed E-state index contributed by atoms with van der Waals surface area (Å²) in [7, 11) is 0. The van der Waals surface area contributed by atoms with Crippen LogP contribution in [0.3, 0.4) is 0 Å². The van der Waals surface area contributed by atoms with E-state index in [-0.39, 0.29) is 0 Å². The van der Waals surface area contributed by atoms with E-state index in [4.69, 9.17) is 11.6 Å². The smallest absolute Gasteiger partial charge is 0.0225 e. The zero-order valence-electron chi connectivity index (χ0n) is 10.5. The van der Waals surface area contributed by atoms with Gasteiger partial charge in [-0.3, -0.25) is 0 Å². The Labute approximate surface area is 100 Å². The Hall–Kier alpha value is 0.250. The van der Waals surface area contributed by atoms with Crippen molar-refractivity contribution >= 4 is 11.6 Å². The maximum Gasteiger partial charge on any atom is 0.0225 e. The molecule has 1 saturated heterocycles. The van der Waals surface area contributed by atoms with E-state index in [1.54, 1.807) is 0 Å². The van der Waals surface area contributed by atoms with Gasteiger partial charge in [0, 0.05) is 18.5 Å². The Morgan fingerprint density at radius 1 is 1.27 bits per heavy atom. The Morgan fingerprint density at radius 2 is 2.00 bits per heavy atom. The molecule has 1 fully saturated rings. The molecule has 0 aromatic rings. The molecule has 0 aliphatic carbocycles. The van der Waals surface area contributed by atoms with E-state index >= 15 is 0 Å². The molecule has 3 unspecified atom stereocenters. The van der Waals surface area contributed by atoms with Crippen LogP contribution in [-0.4, -0.2) is 29.9 Å². The third kappa shape index (κ3) is 4.74. The summed E-state index contributed by atoms with van der Waals surface area (Å²) in [6.45, 7) is 9.64. The van der Waals surface area contributed by atoms with Gasteiger partial charge < -0.3 is 4.90 Å². The van der Waals surface area contributed by atoms with Crippen LogP contribution in [0.5, 0.6) is 0 Å². The molecule has 0 aromatic carbocycles. The SMILES string of the molecule is CC(CCCl)CCN1CC(C)CCC1C. The Balaban J connectivity index is 2.23. The molecule has 0 bridgehead atoms. The van der Waals surface area contributed by atoms with Gasteiger partial charge in [-0.25, -0.2) is 0 Å². The maximum atomic E-state index is 5.76. The number of nitrogens with zero attached hydrogens (tertiary/aromatic N) is 1. The molecule has 1 nitrogen and oxygen atoms in total. The zero-order chi connectivity index (χ0) is 11.3. The van der Waals surface area contributed by atoms with Crippen LogP contribution in [-0.2, 0) is 0 Å². The molecule has 15 heavy (non-hydrogen) atoms. The quantitative estimate of drug-likeness (QED) is 0.652. The lowest BCUT2D eigenvalue weighted by molar-refractivity contribution is 0.118. The van der Waals surface area contributed by atoms with Gasteiger partial charge in [-0.15, -0.1) is 11.6 Å². The topological polar surface area (TPSA) is 3.24 Å². The Bertz CT molecular complexity index is 172. The van der Waals surface area contributed by atoms with Crippen molar-refractivity contribution in [3.63, 3.8) is 0 Å². The summed E-state index contributed by atoms with van der Waals surface area (Å²) in [5, 5.41) is 0. The van der Waals surface area contributed by atoms with Crippen LogP contribution in [0.4, 0.5) is 0 Å². The van der Waals surface area contributed by atoms with Crippen molar-refractivity contribution in [1.82, 2.24) is 4.90 Å². The minimum Gasteiger partial charge on any atom is -0.300 e. The van der Waals surface area contributed by atoms with Gasteiger partial charge in [0.15, 0.2) is 0 Å². The predicted molar refractivity (Wildman–Crippen MR) is 68.6 cm³/mol. The van der Waals surface area contributed by atoms with Crippen molar-refractivity contribution in [2.45, 2.75) is 52.5 Å². The van der Waals surface area contributed by atoms with Crippen LogP contribution in [0.15, 0.2) is 0 Å². The number of halogens is 1. The lowest BCUT2D eigenvalue weighted by Gasteiger charge is -2.37. The fourth-order valence-electron chi connectivity index (χ4n) is 2.41. The third-order valence-electron chi connectivity index (χ3n) is 3.76. The summed E-state index contributed by atoms with van der Waals surface area (Å²) in [5.74, 6) is 2.49. The maximum absolute atomic E-state index is 5.76. The minimum atomic E-state index is 0.784. The van der Waals surface area contributed by atoms with E-state index in [2.05, 4.69) is 25.7 Å². The molecular formula is C13H26ClN. The molecule has 2 heteroatoms. The van der Waals surface area contributed by atoms with Gasteiger partial charge >= 0.3 is 0 Å². The van der Waals surface area contributed by atoms with E-state index in [0.717, 1.165) is 23.8 Å². The summed E-state index contributed by atoms with van der Waals surface area (Å²) in [6.07, 6.45) is 5.27. The van der Waals surface area contributed by atoms with Crippen LogP contribution >= 0.6 is 11.6 Å². The minimum absolute atomic E-state index is 0.784. The van der Waals surface area contributed by atoms with Crippen LogP contribution < -0.4 is 0 Å². The fraction of sp³-hybridized carbons (Fsp3) is 1.00. The summed E-state index contributed by atoms with van der Waals surface area (Å²) < 4.78 is 0. The molecule has 0 aromatic heterocycles. The van der Waals surface area contributed by atoms with Crippen molar-refractivity contribution in [2.24, 2.45) is 11.8 Å². The standard InChI is InChI=1S/C13H26ClN/c1-11(6-8-14)7-9-15-10-12(2)4-5-13(15)3/h11-13H,4-10H2,1-3H3. The normalized spacial score (nSPS) is 30.4. The summed E-state index contributed by atoms with van der Waals surface area (Å²) >= 11 is 5.76. The fourth-order valence-corrected chi connectivity index (χ4v) is 2.78. The summed E-state index contributed by atoms with van der Waals surface area (Å²) in [4.78, 5) is 2.67. The molecule has 1 rings (SSSR count). The van der Waals surface area contributed by atoms with Gasteiger partial charge in [0.25, 0.3) is 0 Å². The van der Waals surface area contributed by atoms with Crippen molar-refractivity contribution in [3.8, 4) is 0 Å². The Kier molecular flexibility index (Phi) is 5.99. The van der Waals surface area contributed by atoms with Gasteiger partial charge in [-0.1, -0.05) is 13.8 Å². The van der Waals surface area contributed by atoms with Gasteiger partial charge in [0.05, 0.1) is 0 Å². The average Bonchev–Trinajstić information content (AvgIpc) is 2.20. The summed E-state index contributed by atoms with van der Waals surface area (Å²) in [5.41, 5.74) is 0.